The maximum atomic E-state index is 12.1. The van der Waals surface area contributed by atoms with E-state index in [-0.39, 0.29) is 6.42 Å². The van der Waals surface area contributed by atoms with Crippen LogP contribution in [-0.4, -0.2) is 32.9 Å². The lowest BCUT2D eigenvalue weighted by molar-refractivity contribution is 0.145. The van der Waals surface area contributed by atoms with Crippen molar-refractivity contribution in [2.24, 2.45) is 5.73 Å². The van der Waals surface area contributed by atoms with Crippen LogP contribution in [0.5, 0.6) is 11.5 Å². The maximum absolute atomic E-state index is 12.1. The standard InChI is InChI=1S/C13H19F2NO2S/c1-17-10-8-12(19-6-4-13(14)15)11(18-2)7-9(10)3-5-16/h7-8,13H,3-6,16H2,1-2H3. The predicted molar refractivity (Wildman–Crippen MR) is 73.6 cm³/mol. The summed E-state index contributed by atoms with van der Waals surface area (Å²) < 4.78 is 34.9. The first-order valence-corrected chi connectivity index (χ1v) is 6.96. The largest absolute Gasteiger partial charge is 0.496 e. The van der Waals surface area contributed by atoms with E-state index in [0.717, 1.165) is 10.5 Å². The molecule has 0 heterocycles. The van der Waals surface area contributed by atoms with E-state index in [1.54, 1.807) is 14.2 Å². The van der Waals surface area contributed by atoms with Gasteiger partial charge in [-0.25, -0.2) is 8.78 Å². The third-order valence-corrected chi connectivity index (χ3v) is 3.64. The normalized spacial score (nSPS) is 10.8. The minimum absolute atomic E-state index is 0.138. The molecule has 1 rings (SSSR count). The van der Waals surface area contributed by atoms with Gasteiger partial charge in [-0.05, 0) is 30.7 Å². The second-order valence-electron chi connectivity index (χ2n) is 3.88. The van der Waals surface area contributed by atoms with Gasteiger partial charge in [-0.1, -0.05) is 0 Å². The van der Waals surface area contributed by atoms with Crippen LogP contribution in [0.2, 0.25) is 0 Å². The first-order chi connectivity index (χ1) is 9.12. The smallest absolute Gasteiger partial charge is 0.239 e. The van der Waals surface area contributed by atoms with Gasteiger partial charge in [0.25, 0.3) is 0 Å². The topological polar surface area (TPSA) is 44.5 Å². The van der Waals surface area contributed by atoms with Crippen LogP contribution in [0.1, 0.15) is 12.0 Å². The highest BCUT2D eigenvalue weighted by molar-refractivity contribution is 7.99. The highest BCUT2D eigenvalue weighted by Gasteiger charge is 2.12. The monoisotopic (exact) mass is 291 g/mol. The van der Waals surface area contributed by atoms with Gasteiger partial charge in [-0.15, -0.1) is 11.8 Å². The molecule has 2 N–H and O–H groups in total. The molecular formula is C13H19F2NO2S. The van der Waals surface area contributed by atoms with Crippen LogP contribution in [-0.2, 0) is 6.42 Å². The van der Waals surface area contributed by atoms with E-state index in [4.69, 9.17) is 15.2 Å². The molecule has 0 amide bonds. The summed E-state index contributed by atoms with van der Waals surface area (Å²) in [6, 6.07) is 3.68. The number of hydrogen-bond acceptors (Lipinski definition) is 4. The zero-order valence-electron chi connectivity index (χ0n) is 11.1. The van der Waals surface area contributed by atoms with E-state index in [1.165, 1.54) is 11.8 Å². The van der Waals surface area contributed by atoms with Gasteiger partial charge in [0.15, 0.2) is 0 Å². The van der Waals surface area contributed by atoms with E-state index >= 15 is 0 Å². The molecule has 0 aliphatic carbocycles. The van der Waals surface area contributed by atoms with Crippen molar-refractivity contribution in [1.29, 1.82) is 0 Å². The van der Waals surface area contributed by atoms with Gasteiger partial charge in [-0.3, -0.25) is 0 Å². The van der Waals surface area contributed by atoms with E-state index in [1.807, 2.05) is 12.1 Å². The summed E-state index contributed by atoms with van der Waals surface area (Å²) in [6.07, 6.45) is -1.74. The molecule has 0 fully saturated rings. The molecule has 1 aromatic rings. The fourth-order valence-electron chi connectivity index (χ4n) is 1.65. The van der Waals surface area contributed by atoms with Crippen LogP contribution < -0.4 is 15.2 Å². The van der Waals surface area contributed by atoms with Crippen molar-refractivity contribution in [1.82, 2.24) is 0 Å². The average molecular weight is 291 g/mol. The number of hydrogen-bond donors (Lipinski definition) is 1. The number of benzene rings is 1. The molecule has 1 aromatic carbocycles. The number of thioether (sulfide) groups is 1. The Kier molecular flexibility index (Phi) is 6.94. The molecule has 0 saturated carbocycles. The third kappa shape index (κ3) is 4.87. The number of nitrogens with two attached hydrogens (primary N) is 1. The predicted octanol–water partition coefficient (Wildman–Crippen LogP) is 2.95. The van der Waals surface area contributed by atoms with E-state index < -0.39 is 6.43 Å². The van der Waals surface area contributed by atoms with Gasteiger partial charge >= 0.3 is 0 Å². The van der Waals surface area contributed by atoms with Gasteiger partial charge in [0.1, 0.15) is 11.5 Å². The SMILES string of the molecule is COc1cc(SCCC(F)F)c(OC)cc1CCN. The summed E-state index contributed by atoms with van der Waals surface area (Å²) in [5.74, 6) is 1.72. The van der Waals surface area contributed by atoms with Gasteiger partial charge in [0.2, 0.25) is 6.43 Å². The number of ether oxygens (including phenoxy) is 2. The summed E-state index contributed by atoms with van der Waals surface area (Å²) in [4.78, 5) is 0.806. The lowest BCUT2D eigenvalue weighted by Gasteiger charge is -2.14. The van der Waals surface area contributed by atoms with Gasteiger partial charge in [0, 0.05) is 12.2 Å². The van der Waals surface area contributed by atoms with Crippen LogP contribution in [0.15, 0.2) is 17.0 Å². The first-order valence-electron chi connectivity index (χ1n) is 5.98. The zero-order valence-corrected chi connectivity index (χ0v) is 11.9. The maximum Gasteiger partial charge on any atom is 0.239 e. The summed E-state index contributed by atoms with van der Waals surface area (Å²) in [5, 5.41) is 0. The van der Waals surface area contributed by atoms with Crippen molar-refractivity contribution in [3.05, 3.63) is 17.7 Å². The van der Waals surface area contributed by atoms with E-state index in [9.17, 15) is 8.78 Å². The molecule has 0 aromatic heterocycles. The van der Waals surface area contributed by atoms with Gasteiger partial charge in [0.05, 0.1) is 19.1 Å². The van der Waals surface area contributed by atoms with E-state index in [0.29, 0.717) is 30.2 Å². The van der Waals surface area contributed by atoms with Gasteiger partial charge in [-0.2, -0.15) is 0 Å². The molecule has 0 spiro atoms. The Hall–Kier alpha value is -1.01. The highest BCUT2D eigenvalue weighted by Crippen LogP contribution is 2.36. The first kappa shape index (κ1) is 16.0. The Balaban J connectivity index is 2.89. The average Bonchev–Trinajstić information content (AvgIpc) is 2.39. The Morgan fingerprint density at radius 1 is 1.21 bits per heavy atom. The van der Waals surface area contributed by atoms with Crippen LogP contribution in [0.25, 0.3) is 0 Å². The molecule has 3 nitrogen and oxygen atoms in total. The molecule has 19 heavy (non-hydrogen) atoms. The summed E-state index contributed by atoms with van der Waals surface area (Å²) >= 11 is 1.34. The fourth-order valence-corrected chi connectivity index (χ4v) is 2.65. The molecule has 0 radical (unpaired) electrons. The fraction of sp³-hybridized carbons (Fsp3) is 0.538. The molecule has 0 saturated heterocycles. The summed E-state index contributed by atoms with van der Waals surface area (Å²) in [6.45, 7) is 0.511. The Morgan fingerprint density at radius 2 is 1.89 bits per heavy atom. The summed E-state index contributed by atoms with van der Waals surface area (Å²) in [7, 11) is 3.14. The van der Waals surface area contributed by atoms with Crippen molar-refractivity contribution in [3.8, 4) is 11.5 Å². The molecule has 0 aliphatic rings. The number of rotatable bonds is 8. The summed E-state index contributed by atoms with van der Waals surface area (Å²) in [5.41, 5.74) is 6.50. The number of alkyl halides is 2. The molecule has 108 valence electrons. The van der Waals surface area contributed by atoms with Crippen molar-refractivity contribution in [3.63, 3.8) is 0 Å². The van der Waals surface area contributed by atoms with Crippen molar-refractivity contribution < 1.29 is 18.3 Å². The number of halogens is 2. The van der Waals surface area contributed by atoms with Crippen LogP contribution in [0, 0.1) is 0 Å². The second-order valence-corrected chi connectivity index (χ2v) is 5.02. The molecule has 6 heteroatoms. The minimum atomic E-state index is -2.28. The molecule has 0 bridgehead atoms. The van der Waals surface area contributed by atoms with Crippen LogP contribution in [0.3, 0.4) is 0 Å². The quantitative estimate of drug-likeness (QED) is 0.748. The van der Waals surface area contributed by atoms with Gasteiger partial charge < -0.3 is 15.2 Å². The minimum Gasteiger partial charge on any atom is -0.496 e. The van der Waals surface area contributed by atoms with Crippen molar-refractivity contribution in [2.45, 2.75) is 24.2 Å². The third-order valence-electron chi connectivity index (χ3n) is 2.57. The molecule has 0 unspecified atom stereocenters. The Labute approximate surface area is 116 Å². The zero-order chi connectivity index (χ0) is 14.3. The Bertz CT molecular complexity index is 402. The van der Waals surface area contributed by atoms with Crippen LogP contribution >= 0.6 is 11.8 Å². The molecule has 0 aliphatic heterocycles. The van der Waals surface area contributed by atoms with E-state index in [2.05, 4.69) is 0 Å². The second kappa shape index (κ2) is 8.22. The number of methoxy groups -OCH3 is 2. The lowest BCUT2D eigenvalue weighted by atomic mass is 10.1. The van der Waals surface area contributed by atoms with Crippen molar-refractivity contribution in [2.75, 3.05) is 26.5 Å². The molecule has 0 atom stereocenters. The van der Waals surface area contributed by atoms with Crippen molar-refractivity contribution >= 4 is 11.8 Å². The van der Waals surface area contributed by atoms with Crippen LogP contribution in [0.4, 0.5) is 8.78 Å². The Morgan fingerprint density at radius 3 is 2.42 bits per heavy atom. The highest BCUT2D eigenvalue weighted by atomic mass is 32.2. The lowest BCUT2D eigenvalue weighted by Crippen LogP contribution is -2.05. The molecular weight excluding hydrogens is 272 g/mol.